The maximum absolute atomic E-state index is 5.78. The third-order valence-electron chi connectivity index (χ3n) is 2.85. The van der Waals surface area contributed by atoms with Gasteiger partial charge in [0.2, 0.25) is 0 Å². The Hall–Kier alpha value is 1.17. The molecule has 0 spiro atoms. The van der Waals surface area contributed by atoms with Crippen LogP contribution in [0.15, 0.2) is 0 Å². The molecular weight excluding hydrogens is 208 g/mol. The predicted molar refractivity (Wildman–Crippen MR) is 45.7 cm³/mol. The van der Waals surface area contributed by atoms with Gasteiger partial charge in [0.1, 0.15) is 0 Å². The molecule has 1 fully saturated rings. The quantitative estimate of drug-likeness (QED) is 0.473. The molecule has 0 aromatic carbocycles. The van der Waals surface area contributed by atoms with Crippen molar-refractivity contribution in [2.24, 2.45) is 11.3 Å². The summed E-state index contributed by atoms with van der Waals surface area (Å²) in [4.78, 5) is 0. The van der Waals surface area contributed by atoms with E-state index in [1.165, 1.54) is 0 Å². The molecule has 0 amide bonds. The second-order valence-electron chi connectivity index (χ2n) is 3.57. The fraction of sp³-hybridized carbons (Fsp3) is 0.778. The van der Waals surface area contributed by atoms with Crippen LogP contribution in [0.2, 0.25) is 5.82 Å². The molecule has 1 aliphatic rings. The average Bonchev–Trinajstić information content (AvgIpc) is 2.09. The first-order valence-electron chi connectivity index (χ1n) is 4.04. The van der Waals surface area contributed by atoms with Crippen LogP contribution in [0.1, 0.15) is 26.7 Å². The van der Waals surface area contributed by atoms with Gasteiger partial charge in [0.15, 0.2) is 0 Å². The van der Waals surface area contributed by atoms with Crippen LogP contribution >= 0.6 is 0 Å². The fourth-order valence-corrected chi connectivity index (χ4v) is 1.76. The third kappa shape index (κ3) is 2.56. The van der Waals surface area contributed by atoms with Crippen LogP contribution < -0.4 is 0 Å². The molecule has 1 saturated carbocycles. The van der Waals surface area contributed by atoms with Crippen molar-refractivity contribution >= 4 is 7.85 Å². The third-order valence-corrected chi connectivity index (χ3v) is 2.85. The molecule has 0 aromatic rings. The summed E-state index contributed by atoms with van der Waals surface area (Å²) < 4.78 is 0. The van der Waals surface area contributed by atoms with Crippen molar-refractivity contribution in [2.45, 2.75) is 32.5 Å². The van der Waals surface area contributed by atoms with E-state index in [9.17, 15) is 0 Å². The molecule has 2 unspecified atom stereocenters. The Balaban J connectivity index is 0.000001000. The van der Waals surface area contributed by atoms with Crippen LogP contribution in [0, 0.1) is 24.7 Å². The summed E-state index contributed by atoms with van der Waals surface area (Å²) in [6.45, 7) is 8.61. The van der Waals surface area contributed by atoms with Gasteiger partial charge in [-0.15, -0.1) is 6.42 Å². The van der Waals surface area contributed by atoms with Crippen molar-refractivity contribution in [1.82, 2.24) is 0 Å². The molecule has 1 aliphatic carbocycles. The van der Waals surface area contributed by atoms with Crippen LogP contribution in [-0.4, -0.2) is 7.85 Å². The molecule has 3 radical (unpaired) electrons. The maximum Gasteiger partial charge on any atom is 0.0313 e. The van der Waals surface area contributed by atoms with Crippen molar-refractivity contribution in [2.75, 3.05) is 0 Å². The first kappa shape index (κ1) is 12.2. The zero-order valence-corrected chi connectivity index (χ0v) is 10.3. The second kappa shape index (κ2) is 4.42. The Kier molecular flexibility index (Phi) is 4.89. The van der Waals surface area contributed by atoms with Crippen molar-refractivity contribution in [3.8, 4) is 0 Å². The topological polar surface area (TPSA) is 0 Å². The number of hydrogen-bond donors (Lipinski definition) is 0. The molecule has 0 nitrogen and oxygen atoms in total. The number of rotatable bonds is 1. The van der Waals surface area contributed by atoms with E-state index in [2.05, 4.69) is 27.2 Å². The molecule has 2 heteroatoms. The molecule has 11 heavy (non-hydrogen) atoms. The monoisotopic (exact) mass is 223 g/mol. The van der Waals surface area contributed by atoms with Crippen molar-refractivity contribution in [3.63, 3.8) is 0 Å². The first-order chi connectivity index (χ1) is 4.58. The van der Waals surface area contributed by atoms with E-state index in [-0.39, 0.29) is 43.9 Å². The largest absolute Gasteiger partial charge is 0.340 e. The van der Waals surface area contributed by atoms with E-state index < -0.39 is 0 Å². The minimum absolute atomic E-state index is 0. The molecule has 0 aromatic heterocycles. The normalized spacial score (nSPS) is 43.5. The molecule has 0 N–H and O–H groups in total. The SMILES string of the molecule is [B][C@H]1[CH-]C(C)C([CH2-])(CC)C1.[Y]. The van der Waals surface area contributed by atoms with Crippen LogP contribution in [0.25, 0.3) is 0 Å². The molecule has 0 saturated heterocycles. The van der Waals surface area contributed by atoms with E-state index in [0.717, 1.165) is 12.8 Å². The van der Waals surface area contributed by atoms with E-state index >= 15 is 0 Å². The zero-order valence-electron chi connectivity index (χ0n) is 7.51. The molecule has 1 rings (SSSR count). The Morgan fingerprint density at radius 2 is 2.27 bits per heavy atom. The van der Waals surface area contributed by atoms with E-state index in [1.54, 1.807) is 0 Å². The fourth-order valence-electron chi connectivity index (χ4n) is 1.76. The van der Waals surface area contributed by atoms with Crippen molar-refractivity contribution in [1.29, 1.82) is 0 Å². The standard InChI is InChI=1S/C9H15B.Y/c1-4-9(3)6-8(10)5-7(9)2;/h5,7-8H,3-4,6H2,1-2H3;/q-2;/t7?,8-,9?;/m0./s1. The van der Waals surface area contributed by atoms with Crippen molar-refractivity contribution in [3.05, 3.63) is 13.3 Å². The molecular formula is C9H15BY-2. The summed E-state index contributed by atoms with van der Waals surface area (Å²) in [6, 6.07) is 0. The van der Waals surface area contributed by atoms with Gasteiger partial charge in [0.25, 0.3) is 0 Å². The summed E-state index contributed by atoms with van der Waals surface area (Å²) in [6.07, 6.45) is 4.42. The average molecular weight is 223 g/mol. The van der Waals surface area contributed by atoms with Crippen LogP contribution in [0.4, 0.5) is 0 Å². The van der Waals surface area contributed by atoms with Gasteiger partial charge in [-0.25, -0.2) is 5.82 Å². The van der Waals surface area contributed by atoms with Gasteiger partial charge in [-0.3, -0.25) is 0 Å². The molecule has 0 heterocycles. The molecule has 0 aliphatic heterocycles. The predicted octanol–water partition coefficient (Wildman–Crippen LogP) is 2.42. The molecule has 3 atom stereocenters. The Morgan fingerprint density at radius 1 is 1.73 bits per heavy atom. The van der Waals surface area contributed by atoms with Gasteiger partial charge in [-0.1, -0.05) is 20.3 Å². The smallest absolute Gasteiger partial charge is 0.0313 e. The molecule has 0 bridgehead atoms. The summed E-state index contributed by atoms with van der Waals surface area (Å²) >= 11 is 0. The van der Waals surface area contributed by atoms with Crippen LogP contribution in [-0.2, 0) is 32.7 Å². The van der Waals surface area contributed by atoms with E-state index in [0.29, 0.717) is 5.92 Å². The van der Waals surface area contributed by atoms with Gasteiger partial charge < -0.3 is 13.3 Å². The minimum Gasteiger partial charge on any atom is -0.340 e. The minimum atomic E-state index is 0. The first-order valence-corrected chi connectivity index (χ1v) is 4.04. The van der Waals surface area contributed by atoms with Gasteiger partial charge >= 0.3 is 0 Å². The van der Waals surface area contributed by atoms with Gasteiger partial charge in [-0.05, 0) is 0 Å². The Morgan fingerprint density at radius 3 is 2.45 bits per heavy atom. The zero-order chi connectivity index (χ0) is 7.78. The Bertz CT molecular complexity index is 127. The van der Waals surface area contributed by atoms with Crippen molar-refractivity contribution < 1.29 is 32.7 Å². The summed E-state index contributed by atoms with van der Waals surface area (Å²) in [7, 11) is 5.78. The van der Waals surface area contributed by atoms with Gasteiger partial charge in [0.05, 0.1) is 0 Å². The summed E-state index contributed by atoms with van der Waals surface area (Å²) in [5, 5.41) is 0. The summed E-state index contributed by atoms with van der Waals surface area (Å²) in [5.74, 6) is 0.875. The van der Waals surface area contributed by atoms with Gasteiger partial charge in [-0.2, -0.15) is 11.3 Å². The number of hydrogen-bond acceptors (Lipinski definition) is 0. The molecule has 59 valence electrons. The Labute approximate surface area is 97.2 Å². The van der Waals surface area contributed by atoms with E-state index in [1.807, 2.05) is 0 Å². The van der Waals surface area contributed by atoms with Crippen LogP contribution in [0.5, 0.6) is 0 Å². The second-order valence-corrected chi connectivity index (χ2v) is 3.57. The van der Waals surface area contributed by atoms with E-state index in [4.69, 9.17) is 7.85 Å². The maximum atomic E-state index is 5.78. The van der Waals surface area contributed by atoms with Crippen LogP contribution in [0.3, 0.4) is 0 Å². The van der Waals surface area contributed by atoms with Gasteiger partial charge in [0, 0.05) is 40.6 Å². The summed E-state index contributed by atoms with van der Waals surface area (Å²) in [5.41, 5.74) is 0.236.